The number of amides is 1. The van der Waals surface area contributed by atoms with Gasteiger partial charge in [0, 0.05) is 6.42 Å². The molecule has 0 unspecified atom stereocenters. The standard InChI is InChI=1S/C14H18FNO3S/c1-14(2,3)19-13(18)16-11(12(17)20)8-9-4-6-10(15)7-5-9/h4-7,11H,8H2,1-3H3,(H,16,18)(H,17,20)/t11-/m0/s1. The zero-order chi connectivity index (χ0) is 15.3. The topological polar surface area (TPSA) is 55.4 Å². The van der Waals surface area contributed by atoms with Crippen LogP contribution in [0.25, 0.3) is 0 Å². The monoisotopic (exact) mass is 299 g/mol. The number of carbonyl (C=O) groups is 2. The molecule has 0 fully saturated rings. The van der Waals surface area contributed by atoms with Gasteiger partial charge in [0.05, 0.1) is 0 Å². The van der Waals surface area contributed by atoms with E-state index in [0.717, 1.165) is 5.56 Å². The second-order valence-electron chi connectivity index (χ2n) is 5.37. The Labute approximate surface area is 123 Å². The van der Waals surface area contributed by atoms with Gasteiger partial charge in [0.1, 0.15) is 17.5 Å². The molecule has 0 bridgehead atoms. The maximum atomic E-state index is 12.8. The molecule has 1 amide bonds. The van der Waals surface area contributed by atoms with Crippen molar-refractivity contribution in [3.05, 3.63) is 35.6 Å². The highest BCUT2D eigenvalue weighted by Gasteiger charge is 2.22. The maximum absolute atomic E-state index is 12.8. The van der Waals surface area contributed by atoms with Crippen molar-refractivity contribution in [3.8, 4) is 0 Å². The van der Waals surface area contributed by atoms with Crippen LogP contribution in [0.2, 0.25) is 0 Å². The fourth-order valence-corrected chi connectivity index (χ4v) is 1.66. The van der Waals surface area contributed by atoms with Gasteiger partial charge in [0.25, 0.3) is 0 Å². The van der Waals surface area contributed by atoms with Crippen molar-refractivity contribution >= 4 is 23.8 Å². The summed E-state index contributed by atoms with van der Waals surface area (Å²) >= 11 is 3.75. The summed E-state index contributed by atoms with van der Waals surface area (Å²) in [5.41, 5.74) is 0.0688. The van der Waals surface area contributed by atoms with E-state index in [1.165, 1.54) is 12.1 Å². The van der Waals surface area contributed by atoms with E-state index >= 15 is 0 Å². The number of rotatable bonds is 4. The first kappa shape index (κ1) is 16.5. The van der Waals surface area contributed by atoms with Crippen molar-refractivity contribution < 1.29 is 18.7 Å². The number of hydrogen-bond donors (Lipinski definition) is 2. The minimum absolute atomic E-state index is 0.224. The van der Waals surface area contributed by atoms with Gasteiger partial charge in [0.15, 0.2) is 0 Å². The molecule has 1 rings (SSSR count). The van der Waals surface area contributed by atoms with Gasteiger partial charge in [-0.15, -0.1) is 12.6 Å². The Balaban J connectivity index is 2.68. The van der Waals surface area contributed by atoms with E-state index in [2.05, 4.69) is 17.9 Å². The average molecular weight is 299 g/mol. The lowest BCUT2D eigenvalue weighted by atomic mass is 10.1. The van der Waals surface area contributed by atoms with Crippen LogP contribution in [-0.4, -0.2) is 22.9 Å². The summed E-state index contributed by atoms with van der Waals surface area (Å²) in [5.74, 6) is -0.359. The highest BCUT2D eigenvalue weighted by atomic mass is 32.1. The third kappa shape index (κ3) is 6.06. The van der Waals surface area contributed by atoms with Crippen LogP contribution in [0.1, 0.15) is 26.3 Å². The lowest BCUT2D eigenvalue weighted by Gasteiger charge is -2.22. The van der Waals surface area contributed by atoms with Gasteiger partial charge in [-0.3, -0.25) is 4.79 Å². The minimum Gasteiger partial charge on any atom is -0.444 e. The molecule has 6 heteroatoms. The number of nitrogens with one attached hydrogen (secondary N) is 1. The van der Waals surface area contributed by atoms with Crippen LogP contribution < -0.4 is 5.32 Å². The van der Waals surface area contributed by atoms with Gasteiger partial charge in [-0.25, -0.2) is 9.18 Å². The molecule has 0 aromatic heterocycles. The Hall–Kier alpha value is -1.56. The summed E-state index contributed by atoms with van der Waals surface area (Å²) in [6.45, 7) is 5.18. The molecule has 0 aliphatic heterocycles. The SMILES string of the molecule is CC(C)(C)OC(=O)N[C@@H](Cc1ccc(F)cc1)C(=O)S. The molecule has 20 heavy (non-hydrogen) atoms. The molecule has 1 atom stereocenters. The number of benzene rings is 1. The summed E-state index contributed by atoms with van der Waals surface area (Å²) in [6.07, 6.45) is -0.464. The average Bonchev–Trinajstić information content (AvgIpc) is 2.28. The Morgan fingerprint density at radius 2 is 1.85 bits per heavy atom. The van der Waals surface area contributed by atoms with Crippen molar-refractivity contribution in [3.63, 3.8) is 0 Å². The van der Waals surface area contributed by atoms with Crippen molar-refractivity contribution in [1.29, 1.82) is 0 Å². The molecular formula is C14H18FNO3S. The number of alkyl carbamates (subject to hydrolysis) is 1. The molecule has 1 aromatic rings. The van der Waals surface area contributed by atoms with Crippen molar-refractivity contribution in [2.75, 3.05) is 0 Å². The van der Waals surface area contributed by atoms with Crippen LogP contribution in [-0.2, 0) is 16.0 Å². The zero-order valence-corrected chi connectivity index (χ0v) is 12.5. The zero-order valence-electron chi connectivity index (χ0n) is 11.6. The predicted molar refractivity (Wildman–Crippen MR) is 77.3 cm³/mol. The van der Waals surface area contributed by atoms with Crippen molar-refractivity contribution in [2.45, 2.75) is 38.8 Å². The summed E-state index contributed by atoms with van der Waals surface area (Å²) in [6, 6.07) is 4.87. The van der Waals surface area contributed by atoms with Crippen LogP contribution in [0.15, 0.2) is 24.3 Å². The second-order valence-corrected chi connectivity index (χ2v) is 5.81. The Morgan fingerprint density at radius 3 is 2.30 bits per heavy atom. The number of halogens is 1. The Morgan fingerprint density at radius 1 is 1.30 bits per heavy atom. The normalized spacial score (nSPS) is 12.7. The lowest BCUT2D eigenvalue weighted by Crippen LogP contribution is -2.43. The second kappa shape index (κ2) is 6.74. The van der Waals surface area contributed by atoms with Crippen LogP contribution >= 0.6 is 12.6 Å². The quantitative estimate of drug-likeness (QED) is 0.841. The largest absolute Gasteiger partial charge is 0.444 e. The molecule has 0 heterocycles. The van der Waals surface area contributed by atoms with Gasteiger partial charge in [-0.2, -0.15) is 0 Å². The van der Waals surface area contributed by atoms with E-state index in [4.69, 9.17) is 4.74 Å². The molecule has 110 valence electrons. The van der Waals surface area contributed by atoms with Crippen LogP contribution in [0.3, 0.4) is 0 Å². The number of ether oxygens (including phenoxy) is 1. The minimum atomic E-state index is -0.821. The fourth-order valence-electron chi connectivity index (χ4n) is 1.51. The van der Waals surface area contributed by atoms with Gasteiger partial charge < -0.3 is 10.1 Å². The molecule has 1 aromatic carbocycles. The summed E-state index contributed by atoms with van der Waals surface area (Å²) in [5, 5.41) is 1.97. The third-order valence-electron chi connectivity index (χ3n) is 2.34. The van der Waals surface area contributed by atoms with Crippen LogP contribution in [0.5, 0.6) is 0 Å². The third-order valence-corrected chi connectivity index (χ3v) is 2.65. The van der Waals surface area contributed by atoms with E-state index in [0.29, 0.717) is 0 Å². The van der Waals surface area contributed by atoms with E-state index in [1.54, 1.807) is 32.9 Å². The molecule has 0 radical (unpaired) electrons. The van der Waals surface area contributed by atoms with E-state index in [9.17, 15) is 14.0 Å². The van der Waals surface area contributed by atoms with Crippen molar-refractivity contribution in [2.24, 2.45) is 0 Å². The maximum Gasteiger partial charge on any atom is 0.408 e. The summed E-state index contributed by atoms with van der Waals surface area (Å²) in [7, 11) is 0. The molecule has 0 aliphatic rings. The molecular weight excluding hydrogens is 281 g/mol. The molecule has 0 saturated heterocycles. The van der Waals surface area contributed by atoms with E-state index in [-0.39, 0.29) is 12.2 Å². The first-order chi connectivity index (χ1) is 9.17. The lowest BCUT2D eigenvalue weighted by molar-refractivity contribution is -0.112. The van der Waals surface area contributed by atoms with Crippen LogP contribution in [0, 0.1) is 5.82 Å². The summed E-state index contributed by atoms with van der Waals surface area (Å²) in [4.78, 5) is 23.1. The smallest absolute Gasteiger partial charge is 0.408 e. The van der Waals surface area contributed by atoms with E-state index < -0.39 is 22.9 Å². The molecule has 4 nitrogen and oxygen atoms in total. The van der Waals surface area contributed by atoms with E-state index in [1.807, 2.05) is 0 Å². The Bertz CT molecular complexity index is 482. The number of hydrogen-bond acceptors (Lipinski definition) is 3. The van der Waals surface area contributed by atoms with Gasteiger partial charge in [-0.05, 0) is 38.5 Å². The van der Waals surface area contributed by atoms with Gasteiger partial charge >= 0.3 is 6.09 Å². The van der Waals surface area contributed by atoms with Crippen LogP contribution in [0.4, 0.5) is 9.18 Å². The summed E-state index contributed by atoms with van der Waals surface area (Å²) < 4.78 is 17.9. The first-order valence-electron chi connectivity index (χ1n) is 6.14. The highest BCUT2D eigenvalue weighted by Crippen LogP contribution is 2.10. The van der Waals surface area contributed by atoms with Gasteiger partial charge in [-0.1, -0.05) is 12.1 Å². The Kier molecular flexibility index (Phi) is 5.56. The molecule has 0 spiro atoms. The molecule has 1 N–H and O–H groups in total. The molecule has 0 saturated carbocycles. The fraction of sp³-hybridized carbons (Fsp3) is 0.429. The number of thiol groups is 1. The highest BCUT2D eigenvalue weighted by molar-refractivity contribution is 7.96. The predicted octanol–water partition coefficient (Wildman–Crippen LogP) is 2.72. The molecule has 0 aliphatic carbocycles. The van der Waals surface area contributed by atoms with Gasteiger partial charge in [0.2, 0.25) is 5.12 Å². The van der Waals surface area contributed by atoms with Crippen molar-refractivity contribution in [1.82, 2.24) is 5.32 Å². The number of carbonyl (C=O) groups excluding carboxylic acids is 2. The first-order valence-corrected chi connectivity index (χ1v) is 6.59.